The summed E-state index contributed by atoms with van der Waals surface area (Å²) in [6, 6.07) is 7.40. The van der Waals surface area contributed by atoms with E-state index in [-0.39, 0.29) is 29.6 Å². The lowest BCUT2D eigenvalue weighted by molar-refractivity contribution is 0.0936. The van der Waals surface area contributed by atoms with E-state index in [1.807, 2.05) is 0 Å². The standard InChI is InChI=1S/C16H17FN4O3S/c17-13-4-2-1-3-11(13)8-18-15-7-14(19-10-20-15)16(22)21-12-5-6-25(23,24)9-12/h1-4,7,10,12H,5-6,8-9H2,(H,21,22)(H,18,19,20). The summed E-state index contributed by atoms with van der Waals surface area (Å²) >= 11 is 0. The quantitative estimate of drug-likeness (QED) is 0.825. The predicted molar refractivity (Wildman–Crippen MR) is 90.3 cm³/mol. The molecular formula is C16H17FN4O3S. The minimum Gasteiger partial charge on any atom is -0.366 e. The highest BCUT2D eigenvalue weighted by molar-refractivity contribution is 7.91. The molecule has 1 aromatic carbocycles. The lowest BCUT2D eigenvalue weighted by atomic mass is 10.2. The van der Waals surface area contributed by atoms with Gasteiger partial charge in [-0.25, -0.2) is 22.8 Å². The van der Waals surface area contributed by atoms with Crippen molar-refractivity contribution in [1.29, 1.82) is 0 Å². The van der Waals surface area contributed by atoms with Crippen molar-refractivity contribution in [2.24, 2.45) is 0 Å². The Balaban J connectivity index is 1.63. The van der Waals surface area contributed by atoms with Gasteiger partial charge in [0.15, 0.2) is 9.84 Å². The number of hydrogen-bond donors (Lipinski definition) is 2. The monoisotopic (exact) mass is 364 g/mol. The number of nitrogens with zero attached hydrogens (tertiary/aromatic N) is 2. The number of benzene rings is 1. The van der Waals surface area contributed by atoms with Gasteiger partial charge in [0, 0.05) is 24.2 Å². The molecule has 1 atom stereocenters. The average molecular weight is 364 g/mol. The molecule has 1 saturated heterocycles. The van der Waals surface area contributed by atoms with E-state index in [1.165, 1.54) is 18.5 Å². The van der Waals surface area contributed by atoms with Crippen molar-refractivity contribution in [2.75, 3.05) is 16.8 Å². The van der Waals surface area contributed by atoms with Crippen LogP contribution in [0.5, 0.6) is 0 Å². The third-order valence-corrected chi connectivity index (χ3v) is 5.65. The first kappa shape index (κ1) is 17.3. The molecule has 0 radical (unpaired) electrons. The van der Waals surface area contributed by atoms with Crippen molar-refractivity contribution in [3.63, 3.8) is 0 Å². The van der Waals surface area contributed by atoms with Gasteiger partial charge < -0.3 is 10.6 Å². The van der Waals surface area contributed by atoms with Crippen molar-refractivity contribution in [2.45, 2.75) is 19.0 Å². The fraction of sp³-hybridized carbons (Fsp3) is 0.312. The molecule has 25 heavy (non-hydrogen) atoms. The maximum atomic E-state index is 13.6. The van der Waals surface area contributed by atoms with Gasteiger partial charge in [0.1, 0.15) is 23.7 Å². The molecule has 2 N–H and O–H groups in total. The van der Waals surface area contributed by atoms with Gasteiger partial charge in [-0.05, 0) is 12.5 Å². The molecule has 1 fully saturated rings. The molecule has 0 spiro atoms. The molecule has 1 aliphatic heterocycles. The third-order valence-electron chi connectivity index (χ3n) is 3.89. The zero-order valence-electron chi connectivity index (χ0n) is 13.3. The number of anilines is 1. The van der Waals surface area contributed by atoms with E-state index in [4.69, 9.17) is 0 Å². The van der Waals surface area contributed by atoms with E-state index in [1.54, 1.807) is 18.2 Å². The molecule has 0 saturated carbocycles. The smallest absolute Gasteiger partial charge is 0.270 e. The zero-order chi connectivity index (χ0) is 17.9. The number of aromatic nitrogens is 2. The van der Waals surface area contributed by atoms with E-state index in [2.05, 4.69) is 20.6 Å². The lowest BCUT2D eigenvalue weighted by Crippen LogP contribution is -2.36. The van der Waals surface area contributed by atoms with Gasteiger partial charge in [0.2, 0.25) is 0 Å². The Labute approximate surface area is 144 Å². The molecular weight excluding hydrogens is 347 g/mol. The van der Waals surface area contributed by atoms with Crippen LogP contribution < -0.4 is 10.6 Å². The van der Waals surface area contributed by atoms with Crippen LogP contribution in [-0.4, -0.2) is 41.8 Å². The Hall–Kier alpha value is -2.55. The van der Waals surface area contributed by atoms with Crippen molar-refractivity contribution in [3.05, 3.63) is 53.7 Å². The second kappa shape index (κ2) is 7.14. The van der Waals surface area contributed by atoms with Crippen LogP contribution in [0.25, 0.3) is 0 Å². The van der Waals surface area contributed by atoms with Gasteiger partial charge in [0.05, 0.1) is 11.5 Å². The van der Waals surface area contributed by atoms with Gasteiger partial charge in [-0.2, -0.15) is 0 Å². The highest BCUT2D eigenvalue weighted by Gasteiger charge is 2.29. The normalized spacial score (nSPS) is 18.7. The summed E-state index contributed by atoms with van der Waals surface area (Å²) in [5.74, 6) is -0.385. The molecule has 2 heterocycles. The fourth-order valence-corrected chi connectivity index (χ4v) is 4.25. The summed E-state index contributed by atoms with van der Waals surface area (Å²) in [5.41, 5.74) is 0.596. The largest absolute Gasteiger partial charge is 0.366 e. The van der Waals surface area contributed by atoms with Crippen LogP contribution in [0.1, 0.15) is 22.5 Å². The molecule has 7 nitrogen and oxygen atoms in total. The second-order valence-corrected chi connectivity index (χ2v) is 8.04. The van der Waals surface area contributed by atoms with Crippen molar-refractivity contribution < 1.29 is 17.6 Å². The summed E-state index contributed by atoms with van der Waals surface area (Å²) in [6.07, 6.45) is 1.63. The van der Waals surface area contributed by atoms with Crippen LogP contribution in [0, 0.1) is 5.82 Å². The Morgan fingerprint density at radius 3 is 2.80 bits per heavy atom. The minimum atomic E-state index is -3.07. The number of halogens is 1. The molecule has 0 bridgehead atoms. The number of hydrogen-bond acceptors (Lipinski definition) is 6. The van der Waals surface area contributed by atoms with E-state index in [0.717, 1.165) is 0 Å². The molecule has 2 aromatic rings. The molecule has 1 aliphatic rings. The predicted octanol–water partition coefficient (Wildman–Crippen LogP) is 1.14. The molecule has 3 rings (SSSR count). The number of sulfone groups is 1. The maximum Gasteiger partial charge on any atom is 0.270 e. The summed E-state index contributed by atoms with van der Waals surface area (Å²) < 4.78 is 36.5. The van der Waals surface area contributed by atoms with E-state index in [0.29, 0.717) is 17.8 Å². The first-order chi connectivity index (χ1) is 11.9. The van der Waals surface area contributed by atoms with Gasteiger partial charge in [0.25, 0.3) is 5.91 Å². The van der Waals surface area contributed by atoms with E-state index < -0.39 is 21.8 Å². The molecule has 1 amide bonds. The summed E-state index contributed by atoms with van der Waals surface area (Å²) in [5, 5.41) is 5.60. The highest BCUT2D eigenvalue weighted by Crippen LogP contribution is 2.13. The summed E-state index contributed by atoms with van der Waals surface area (Å²) in [6.45, 7) is 0.214. The summed E-state index contributed by atoms with van der Waals surface area (Å²) in [7, 11) is -3.07. The average Bonchev–Trinajstić information content (AvgIpc) is 2.93. The third kappa shape index (κ3) is 4.50. The number of nitrogens with one attached hydrogen (secondary N) is 2. The number of carbonyl (C=O) groups is 1. The molecule has 1 aromatic heterocycles. The second-order valence-electron chi connectivity index (χ2n) is 5.81. The van der Waals surface area contributed by atoms with E-state index >= 15 is 0 Å². The van der Waals surface area contributed by atoms with Crippen LogP contribution in [0.15, 0.2) is 36.7 Å². The van der Waals surface area contributed by atoms with Gasteiger partial charge in [-0.3, -0.25) is 4.79 Å². The van der Waals surface area contributed by atoms with Crippen LogP contribution in [-0.2, 0) is 16.4 Å². The number of rotatable bonds is 5. The van der Waals surface area contributed by atoms with Crippen LogP contribution in [0.2, 0.25) is 0 Å². The SMILES string of the molecule is O=C(NC1CCS(=O)(=O)C1)c1cc(NCc2ccccc2F)ncn1. The van der Waals surface area contributed by atoms with Crippen molar-refractivity contribution in [1.82, 2.24) is 15.3 Å². The zero-order valence-corrected chi connectivity index (χ0v) is 14.1. The van der Waals surface area contributed by atoms with Crippen LogP contribution in [0.4, 0.5) is 10.2 Å². The maximum absolute atomic E-state index is 13.6. The first-order valence-electron chi connectivity index (χ1n) is 7.73. The van der Waals surface area contributed by atoms with Gasteiger partial charge in [-0.15, -0.1) is 0 Å². The number of amides is 1. The number of carbonyl (C=O) groups excluding carboxylic acids is 1. The van der Waals surface area contributed by atoms with Gasteiger partial charge >= 0.3 is 0 Å². The van der Waals surface area contributed by atoms with Crippen molar-refractivity contribution >= 4 is 21.6 Å². The van der Waals surface area contributed by atoms with Gasteiger partial charge in [-0.1, -0.05) is 18.2 Å². The molecule has 9 heteroatoms. The Morgan fingerprint density at radius 2 is 2.08 bits per heavy atom. The van der Waals surface area contributed by atoms with E-state index in [9.17, 15) is 17.6 Å². The highest BCUT2D eigenvalue weighted by atomic mass is 32.2. The van der Waals surface area contributed by atoms with Crippen molar-refractivity contribution in [3.8, 4) is 0 Å². The molecule has 0 aliphatic carbocycles. The van der Waals surface area contributed by atoms with Crippen LogP contribution >= 0.6 is 0 Å². The first-order valence-corrected chi connectivity index (χ1v) is 9.56. The lowest BCUT2D eigenvalue weighted by Gasteiger charge is -2.11. The Bertz CT molecular complexity index is 888. The Morgan fingerprint density at radius 1 is 1.28 bits per heavy atom. The van der Waals surface area contributed by atoms with Crippen LogP contribution in [0.3, 0.4) is 0 Å². The Kier molecular flexibility index (Phi) is 4.93. The minimum absolute atomic E-state index is 0.0534. The summed E-state index contributed by atoms with van der Waals surface area (Å²) in [4.78, 5) is 20.1. The molecule has 1 unspecified atom stereocenters. The molecule has 132 valence electrons. The topological polar surface area (TPSA) is 101 Å². The fourth-order valence-electron chi connectivity index (χ4n) is 2.57.